The van der Waals surface area contributed by atoms with Gasteiger partial charge in [-0.1, -0.05) is 33.6 Å². The monoisotopic (exact) mass is 240 g/mol. The summed E-state index contributed by atoms with van der Waals surface area (Å²) in [5.41, 5.74) is -0.513. The number of hydrogen-bond donors (Lipinski definition) is 2. The zero-order valence-electron chi connectivity index (χ0n) is 11.4. The zero-order valence-corrected chi connectivity index (χ0v) is 11.4. The van der Waals surface area contributed by atoms with Crippen molar-refractivity contribution in [3.8, 4) is 0 Å². The predicted molar refractivity (Wildman–Crippen MR) is 67.5 cm³/mol. The van der Waals surface area contributed by atoms with Crippen molar-refractivity contribution in [2.24, 2.45) is 5.41 Å². The first-order valence-corrected chi connectivity index (χ1v) is 6.32. The molecule has 0 aromatic rings. The SMILES string of the molecule is CC1(NC(=O)CNC(=O)C(C)(C)C)CCCC1. The number of amides is 2. The molecule has 2 N–H and O–H groups in total. The Bertz CT molecular complexity index is 299. The van der Waals surface area contributed by atoms with Gasteiger partial charge in [-0.3, -0.25) is 9.59 Å². The van der Waals surface area contributed by atoms with Gasteiger partial charge in [-0.25, -0.2) is 0 Å². The van der Waals surface area contributed by atoms with E-state index in [0.29, 0.717) is 0 Å². The topological polar surface area (TPSA) is 58.2 Å². The summed E-state index contributed by atoms with van der Waals surface area (Å²) in [6.07, 6.45) is 4.41. The van der Waals surface area contributed by atoms with Crippen LogP contribution in [0.1, 0.15) is 53.4 Å². The van der Waals surface area contributed by atoms with E-state index in [1.807, 2.05) is 20.8 Å². The van der Waals surface area contributed by atoms with E-state index in [9.17, 15) is 9.59 Å². The minimum Gasteiger partial charge on any atom is -0.349 e. The van der Waals surface area contributed by atoms with Gasteiger partial charge in [-0.2, -0.15) is 0 Å². The van der Waals surface area contributed by atoms with Crippen molar-refractivity contribution in [3.05, 3.63) is 0 Å². The van der Waals surface area contributed by atoms with Crippen molar-refractivity contribution in [2.45, 2.75) is 58.9 Å². The van der Waals surface area contributed by atoms with E-state index < -0.39 is 5.41 Å². The highest BCUT2D eigenvalue weighted by molar-refractivity contribution is 5.87. The van der Waals surface area contributed by atoms with Crippen LogP contribution in [-0.4, -0.2) is 23.9 Å². The molecule has 4 nitrogen and oxygen atoms in total. The van der Waals surface area contributed by atoms with Crippen LogP contribution in [0.5, 0.6) is 0 Å². The van der Waals surface area contributed by atoms with Crippen LogP contribution >= 0.6 is 0 Å². The van der Waals surface area contributed by atoms with Crippen LogP contribution in [0.25, 0.3) is 0 Å². The van der Waals surface area contributed by atoms with Crippen LogP contribution in [0.15, 0.2) is 0 Å². The van der Waals surface area contributed by atoms with E-state index in [-0.39, 0.29) is 23.9 Å². The van der Waals surface area contributed by atoms with Gasteiger partial charge in [0, 0.05) is 11.0 Å². The molecule has 0 unspecified atom stereocenters. The number of hydrogen-bond acceptors (Lipinski definition) is 2. The molecule has 4 heteroatoms. The first-order chi connectivity index (χ1) is 7.73. The number of nitrogens with one attached hydrogen (secondary N) is 2. The molecular formula is C13H24N2O2. The van der Waals surface area contributed by atoms with Gasteiger partial charge in [-0.15, -0.1) is 0 Å². The smallest absolute Gasteiger partial charge is 0.239 e. The number of carbonyl (C=O) groups excluding carboxylic acids is 2. The minimum absolute atomic E-state index is 0.0659. The molecule has 98 valence electrons. The first-order valence-electron chi connectivity index (χ1n) is 6.32. The summed E-state index contributed by atoms with van der Waals surface area (Å²) < 4.78 is 0. The molecule has 1 saturated carbocycles. The van der Waals surface area contributed by atoms with Crippen molar-refractivity contribution in [2.75, 3.05) is 6.54 Å². The lowest BCUT2D eigenvalue weighted by molar-refractivity contribution is -0.131. The molecule has 1 aliphatic rings. The fourth-order valence-electron chi connectivity index (χ4n) is 2.09. The first kappa shape index (κ1) is 14.0. The van der Waals surface area contributed by atoms with Gasteiger partial charge in [0.25, 0.3) is 0 Å². The predicted octanol–water partition coefficient (Wildman–Crippen LogP) is 1.60. The fraction of sp³-hybridized carbons (Fsp3) is 0.846. The molecule has 0 bridgehead atoms. The van der Waals surface area contributed by atoms with Crippen molar-refractivity contribution in [3.63, 3.8) is 0 Å². The highest BCUT2D eigenvalue weighted by atomic mass is 16.2. The molecule has 0 saturated heterocycles. The van der Waals surface area contributed by atoms with Gasteiger partial charge in [0.2, 0.25) is 11.8 Å². The molecule has 0 aromatic carbocycles. The Kier molecular flexibility index (Phi) is 4.17. The lowest BCUT2D eigenvalue weighted by Gasteiger charge is -2.26. The van der Waals surface area contributed by atoms with Crippen LogP contribution in [-0.2, 0) is 9.59 Å². The van der Waals surface area contributed by atoms with Gasteiger partial charge in [0.05, 0.1) is 6.54 Å². The van der Waals surface area contributed by atoms with Gasteiger partial charge in [-0.05, 0) is 19.8 Å². The van der Waals surface area contributed by atoms with Crippen LogP contribution in [0.2, 0.25) is 0 Å². The van der Waals surface area contributed by atoms with E-state index in [4.69, 9.17) is 0 Å². The van der Waals surface area contributed by atoms with E-state index >= 15 is 0 Å². The van der Waals surface area contributed by atoms with E-state index in [0.717, 1.165) is 12.8 Å². The van der Waals surface area contributed by atoms with Crippen LogP contribution < -0.4 is 10.6 Å². The Morgan fingerprint density at radius 2 is 1.71 bits per heavy atom. The van der Waals surface area contributed by atoms with Gasteiger partial charge in [0.1, 0.15) is 0 Å². The van der Waals surface area contributed by atoms with Crippen LogP contribution in [0, 0.1) is 5.41 Å². The van der Waals surface area contributed by atoms with Crippen molar-refractivity contribution >= 4 is 11.8 Å². The highest BCUT2D eigenvalue weighted by Crippen LogP contribution is 2.28. The number of rotatable bonds is 3. The molecule has 0 spiro atoms. The third kappa shape index (κ3) is 4.36. The summed E-state index contributed by atoms with van der Waals surface area (Å²) in [6.45, 7) is 7.64. The molecule has 0 atom stereocenters. The maximum Gasteiger partial charge on any atom is 0.239 e. The van der Waals surface area contributed by atoms with E-state index in [2.05, 4.69) is 17.6 Å². The number of carbonyl (C=O) groups is 2. The second-order valence-electron chi connectivity index (χ2n) is 6.25. The highest BCUT2D eigenvalue weighted by Gasteiger charge is 2.30. The third-order valence-electron chi connectivity index (χ3n) is 3.24. The zero-order chi connectivity index (χ0) is 13.1. The average Bonchev–Trinajstić information content (AvgIpc) is 2.59. The summed E-state index contributed by atoms with van der Waals surface area (Å²) in [7, 11) is 0. The maximum absolute atomic E-state index is 11.7. The second-order valence-corrected chi connectivity index (χ2v) is 6.25. The van der Waals surface area contributed by atoms with E-state index in [1.54, 1.807) is 0 Å². The Labute approximate surface area is 104 Å². The molecule has 0 aliphatic heterocycles. The molecule has 1 rings (SSSR count). The quantitative estimate of drug-likeness (QED) is 0.787. The lowest BCUT2D eigenvalue weighted by Crippen LogP contribution is -2.49. The second kappa shape index (κ2) is 5.07. The maximum atomic E-state index is 11.7. The molecule has 1 aliphatic carbocycles. The molecule has 0 radical (unpaired) electrons. The van der Waals surface area contributed by atoms with Crippen molar-refractivity contribution in [1.82, 2.24) is 10.6 Å². The normalized spacial score (nSPS) is 18.8. The molecule has 0 aromatic heterocycles. The molecule has 2 amide bonds. The molecule has 0 heterocycles. The van der Waals surface area contributed by atoms with Gasteiger partial charge >= 0.3 is 0 Å². The standard InChI is InChI=1S/C13H24N2O2/c1-12(2,3)11(17)14-9-10(16)15-13(4)7-5-6-8-13/h5-9H2,1-4H3,(H,14,17)(H,15,16). The summed E-state index contributed by atoms with van der Waals surface area (Å²) in [6, 6.07) is 0. The fourth-order valence-corrected chi connectivity index (χ4v) is 2.09. The summed E-state index contributed by atoms with van der Waals surface area (Å²) >= 11 is 0. The summed E-state index contributed by atoms with van der Waals surface area (Å²) in [4.78, 5) is 23.3. The van der Waals surface area contributed by atoms with Gasteiger partial charge in [0.15, 0.2) is 0 Å². The van der Waals surface area contributed by atoms with E-state index in [1.165, 1.54) is 12.8 Å². The summed E-state index contributed by atoms with van der Waals surface area (Å²) in [5, 5.41) is 5.67. The summed E-state index contributed by atoms with van der Waals surface area (Å²) in [5.74, 6) is -0.184. The molecular weight excluding hydrogens is 216 g/mol. The minimum atomic E-state index is -0.447. The Morgan fingerprint density at radius 1 is 1.18 bits per heavy atom. The molecule has 17 heavy (non-hydrogen) atoms. The Hall–Kier alpha value is -1.06. The van der Waals surface area contributed by atoms with Crippen LogP contribution in [0.4, 0.5) is 0 Å². The van der Waals surface area contributed by atoms with Crippen LogP contribution in [0.3, 0.4) is 0 Å². The third-order valence-corrected chi connectivity index (χ3v) is 3.24. The van der Waals surface area contributed by atoms with Crippen molar-refractivity contribution < 1.29 is 9.59 Å². The molecule has 1 fully saturated rings. The Balaban J connectivity index is 2.33. The largest absolute Gasteiger partial charge is 0.349 e. The Morgan fingerprint density at radius 3 is 2.18 bits per heavy atom. The van der Waals surface area contributed by atoms with Gasteiger partial charge < -0.3 is 10.6 Å². The lowest BCUT2D eigenvalue weighted by atomic mass is 9.96. The average molecular weight is 240 g/mol. The van der Waals surface area contributed by atoms with Crippen molar-refractivity contribution in [1.29, 1.82) is 0 Å².